The zero-order valence-electron chi connectivity index (χ0n) is 19.1. The Morgan fingerprint density at radius 2 is 1.60 bits per heavy atom. The average molecular weight is 466 g/mol. The number of hydrogen-bond donors (Lipinski definition) is 1. The molecule has 2 amide bonds. The fourth-order valence-electron chi connectivity index (χ4n) is 6.26. The Morgan fingerprint density at radius 3 is 2.31 bits per heavy atom. The SMILES string of the molecule is CC1=CC(=O)C2=C(CC3C(=CCC4C(=O)N(c5ccccc5)C(=O)C43)C2c2ccc(O)cc2)C1=O. The number of benzene rings is 2. The highest BCUT2D eigenvalue weighted by molar-refractivity contribution is 6.25. The van der Waals surface area contributed by atoms with E-state index in [0.29, 0.717) is 28.8 Å². The number of ketones is 2. The van der Waals surface area contributed by atoms with Gasteiger partial charge in [0, 0.05) is 22.6 Å². The van der Waals surface area contributed by atoms with Gasteiger partial charge < -0.3 is 5.11 Å². The zero-order valence-corrected chi connectivity index (χ0v) is 19.1. The van der Waals surface area contributed by atoms with E-state index < -0.39 is 17.8 Å². The Labute approximate surface area is 202 Å². The van der Waals surface area contributed by atoms with Crippen LogP contribution in [0.1, 0.15) is 31.2 Å². The molecule has 0 aromatic heterocycles. The molecule has 2 aromatic rings. The minimum Gasteiger partial charge on any atom is -0.508 e. The van der Waals surface area contributed by atoms with Gasteiger partial charge in [-0.15, -0.1) is 0 Å². The highest BCUT2D eigenvalue weighted by Crippen LogP contribution is 2.55. The summed E-state index contributed by atoms with van der Waals surface area (Å²) < 4.78 is 0. The molecule has 1 fully saturated rings. The number of phenols is 1. The van der Waals surface area contributed by atoms with E-state index in [9.17, 15) is 24.3 Å². The predicted molar refractivity (Wildman–Crippen MR) is 128 cm³/mol. The van der Waals surface area contributed by atoms with Crippen LogP contribution in [0.25, 0.3) is 0 Å². The zero-order chi connectivity index (χ0) is 24.4. The van der Waals surface area contributed by atoms with E-state index in [2.05, 4.69) is 0 Å². The first-order chi connectivity index (χ1) is 16.9. The highest BCUT2D eigenvalue weighted by Gasteiger charge is 2.56. The van der Waals surface area contributed by atoms with Crippen molar-refractivity contribution in [3.8, 4) is 5.75 Å². The van der Waals surface area contributed by atoms with Crippen molar-refractivity contribution in [3.63, 3.8) is 0 Å². The minimum atomic E-state index is -0.592. The van der Waals surface area contributed by atoms with Crippen molar-refractivity contribution >= 4 is 29.1 Å². The van der Waals surface area contributed by atoms with Crippen molar-refractivity contribution in [1.82, 2.24) is 0 Å². The van der Waals surface area contributed by atoms with E-state index in [4.69, 9.17) is 0 Å². The van der Waals surface area contributed by atoms with Crippen LogP contribution in [-0.4, -0.2) is 28.5 Å². The van der Waals surface area contributed by atoms with Gasteiger partial charge in [0.25, 0.3) is 0 Å². The molecule has 0 saturated carbocycles. The second-order valence-electron chi connectivity index (χ2n) is 9.67. The van der Waals surface area contributed by atoms with E-state index in [-0.39, 0.29) is 41.5 Å². The number of carbonyl (C=O) groups is 4. The van der Waals surface area contributed by atoms with Gasteiger partial charge >= 0.3 is 0 Å². The van der Waals surface area contributed by atoms with Crippen LogP contribution in [0.3, 0.4) is 0 Å². The maximum atomic E-state index is 13.7. The van der Waals surface area contributed by atoms with Gasteiger partial charge in [0.05, 0.1) is 17.5 Å². The molecule has 1 aliphatic heterocycles. The lowest BCUT2D eigenvalue weighted by atomic mass is 9.59. The van der Waals surface area contributed by atoms with Gasteiger partial charge in [0.2, 0.25) is 11.8 Å². The number of para-hydroxylation sites is 1. The number of anilines is 1. The fourth-order valence-corrected chi connectivity index (χ4v) is 6.26. The molecule has 6 nitrogen and oxygen atoms in total. The van der Waals surface area contributed by atoms with E-state index >= 15 is 0 Å². The second kappa shape index (κ2) is 7.73. The van der Waals surface area contributed by atoms with Gasteiger partial charge in [-0.05, 0) is 61.6 Å². The molecule has 1 heterocycles. The summed E-state index contributed by atoms with van der Waals surface area (Å²) in [6.07, 6.45) is 4.05. The fraction of sp³-hybridized carbons (Fsp3) is 0.241. The monoisotopic (exact) mass is 465 g/mol. The van der Waals surface area contributed by atoms with Gasteiger partial charge in [0.15, 0.2) is 11.6 Å². The van der Waals surface area contributed by atoms with E-state index in [1.807, 2.05) is 12.1 Å². The lowest BCUT2D eigenvalue weighted by Gasteiger charge is -2.42. The molecule has 0 radical (unpaired) electrons. The molecule has 1 saturated heterocycles. The van der Waals surface area contributed by atoms with Crippen LogP contribution >= 0.6 is 0 Å². The maximum absolute atomic E-state index is 13.7. The van der Waals surface area contributed by atoms with Crippen LogP contribution in [0.15, 0.2) is 89.0 Å². The molecule has 4 unspecified atom stereocenters. The number of imide groups is 1. The number of phenolic OH excluding ortho intramolecular Hbond substituents is 1. The summed E-state index contributed by atoms with van der Waals surface area (Å²) in [7, 11) is 0. The van der Waals surface area contributed by atoms with Crippen molar-refractivity contribution in [3.05, 3.63) is 94.6 Å². The molecule has 2 aromatic carbocycles. The van der Waals surface area contributed by atoms with Crippen LogP contribution in [0, 0.1) is 17.8 Å². The van der Waals surface area contributed by atoms with Gasteiger partial charge in [-0.25, -0.2) is 0 Å². The number of hydrogen-bond acceptors (Lipinski definition) is 5. The third-order valence-electron chi connectivity index (χ3n) is 7.80. The highest BCUT2D eigenvalue weighted by atomic mass is 16.3. The Morgan fingerprint density at radius 1 is 0.886 bits per heavy atom. The first kappa shape index (κ1) is 21.5. The first-order valence-corrected chi connectivity index (χ1v) is 11.8. The Balaban J connectivity index is 1.49. The third kappa shape index (κ3) is 3.09. The third-order valence-corrected chi connectivity index (χ3v) is 7.80. The molecule has 1 N–H and O–H groups in total. The quantitative estimate of drug-likeness (QED) is 0.411. The summed E-state index contributed by atoms with van der Waals surface area (Å²) in [6.45, 7) is 1.63. The molecule has 35 heavy (non-hydrogen) atoms. The molecular formula is C29H23NO5. The average Bonchev–Trinajstić information content (AvgIpc) is 3.12. The van der Waals surface area contributed by atoms with Crippen molar-refractivity contribution in [2.45, 2.75) is 25.7 Å². The second-order valence-corrected chi connectivity index (χ2v) is 9.67. The normalized spacial score (nSPS) is 27.9. The van der Waals surface area contributed by atoms with Crippen LogP contribution in [0.5, 0.6) is 5.75 Å². The van der Waals surface area contributed by atoms with Crippen LogP contribution < -0.4 is 4.90 Å². The summed E-state index contributed by atoms with van der Waals surface area (Å²) >= 11 is 0. The molecule has 174 valence electrons. The predicted octanol–water partition coefficient (Wildman–Crippen LogP) is 4.03. The summed E-state index contributed by atoms with van der Waals surface area (Å²) in [4.78, 5) is 54.8. The number of amides is 2. The van der Waals surface area contributed by atoms with Crippen molar-refractivity contribution < 1.29 is 24.3 Å². The number of aromatic hydroxyl groups is 1. The lowest BCUT2D eigenvalue weighted by molar-refractivity contribution is -0.123. The summed E-state index contributed by atoms with van der Waals surface area (Å²) in [5, 5.41) is 9.83. The van der Waals surface area contributed by atoms with Crippen molar-refractivity contribution in [2.75, 3.05) is 4.90 Å². The van der Waals surface area contributed by atoms with E-state index in [1.54, 1.807) is 55.5 Å². The van der Waals surface area contributed by atoms with Gasteiger partial charge in [0.1, 0.15) is 5.75 Å². The van der Waals surface area contributed by atoms with Gasteiger partial charge in [-0.1, -0.05) is 42.0 Å². The summed E-state index contributed by atoms with van der Waals surface area (Å²) in [6, 6.07) is 15.5. The number of carbonyl (C=O) groups excluding carboxylic acids is 4. The Bertz CT molecular complexity index is 1400. The standard InChI is InChI=1S/C29H23NO5/c1-15-13-23(32)26-22(27(15)33)14-21-19(24(26)16-7-9-18(31)10-8-16)11-12-20-25(21)29(35)30(28(20)34)17-5-3-2-4-6-17/h2-11,13,20-21,24-25,31H,12,14H2,1H3. The van der Waals surface area contributed by atoms with Crippen LogP contribution in [0.4, 0.5) is 5.69 Å². The molecule has 0 bridgehead atoms. The summed E-state index contributed by atoms with van der Waals surface area (Å²) in [5.41, 5.74) is 3.50. The van der Waals surface area contributed by atoms with Crippen LogP contribution in [-0.2, 0) is 19.2 Å². The number of Topliss-reactive ketones (excluding diaryl/α,β-unsaturated/α-hetero) is 1. The minimum absolute atomic E-state index is 0.102. The molecule has 3 aliphatic carbocycles. The number of nitrogens with zero attached hydrogens (tertiary/aromatic N) is 1. The smallest absolute Gasteiger partial charge is 0.238 e. The topological polar surface area (TPSA) is 91.8 Å². The number of fused-ring (bicyclic) bond motifs is 3. The number of rotatable bonds is 2. The van der Waals surface area contributed by atoms with Crippen molar-refractivity contribution in [1.29, 1.82) is 0 Å². The first-order valence-electron chi connectivity index (χ1n) is 11.8. The lowest BCUT2D eigenvalue weighted by Crippen LogP contribution is -2.39. The maximum Gasteiger partial charge on any atom is 0.238 e. The molecule has 4 atom stereocenters. The van der Waals surface area contributed by atoms with Crippen LogP contribution in [0.2, 0.25) is 0 Å². The largest absolute Gasteiger partial charge is 0.508 e. The van der Waals surface area contributed by atoms with Crippen molar-refractivity contribution in [2.24, 2.45) is 17.8 Å². The molecule has 0 spiro atoms. The van der Waals surface area contributed by atoms with E-state index in [1.165, 1.54) is 11.0 Å². The van der Waals surface area contributed by atoms with Gasteiger partial charge in [-0.3, -0.25) is 24.1 Å². The Kier molecular flexibility index (Phi) is 4.74. The molecular weight excluding hydrogens is 442 g/mol. The Hall–Kier alpha value is -4.06. The molecule has 6 heteroatoms. The molecule has 6 rings (SSSR count). The molecule has 4 aliphatic rings. The summed E-state index contributed by atoms with van der Waals surface area (Å²) in [5.74, 6) is -2.70. The van der Waals surface area contributed by atoms with E-state index in [0.717, 1.165) is 11.1 Å². The number of allylic oxidation sites excluding steroid dienone is 6. The van der Waals surface area contributed by atoms with Gasteiger partial charge in [-0.2, -0.15) is 0 Å².